The number of carboxylic acids is 1. The molecule has 1 saturated heterocycles. The third kappa shape index (κ3) is 10.3. The molecule has 8 nitrogen and oxygen atoms in total. The van der Waals surface area contributed by atoms with Gasteiger partial charge in [-0.1, -0.05) is 112 Å². The Hall–Kier alpha value is -2.94. The Morgan fingerprint density at radius 2 is 1.72 bits per heavy atom. The fourth-order valence-electron chi connectivity index (χ4n) is 5.80. The normalized spacial score (nSPS) is 23.8. The Kier molecular flexibility index (Phi) is 13.3. The summed E-state index contributed by atoms with van der Waals surface area (Å²) in [6.45, 7) is 2.99. The first-order valence-corrected chi connectivity index (χ1v) is 16.1. The molecule has 0 spiro atoms. The summed E-state index contributed by atoms with van der Waals surface area (Å²) in [4.78, 5) is 26.9. The highest BCUT2D eigenvalue weighted by molar-refractivity contribution is 6.31. The predicted molar refractivity (Wildman–Crippen MR) is 167 cm³/mol. The number of carboxylic acid groups (broad SMARTS) is 1. The van der Waals surface area contributed by atoms with Gasteiger partial charge in [0.1, 0.15) is 12.7 Å². The van der Waals surface area contributed by atoms with E-state index in [-0.39, 0.29) is 24.9 Å². The molecule has 1 amide bonds. The second-order valence-electron chi connectivity index (χ2n) is 11.5. The number of nitrogens with one attached hydrogen (secondary N) is 1. The van der Waals surface area contributed by atoms with Crippen molar-refractivity contribution in [3.63, 3.8) is 0 Å². The number of hydrogen-bond donors (Lipinski definition) is 2. The van der Waals surface area contributed by atoms with E-state index < -0.39 is 24.4 Å². The molecule has 1 unspecified atom stereocenters. The van der Waals surface area contributed by atoms with Crippen LogP contribution < -0.4 is 5.32 Å². The molecule has 0 radical (unpaired) electrons. The SMILES string of the molecule is CCC(=O)O.O=C(NCCCCC1CCCCC1)C1COC([C@@H]2O[C@H](c3ccccc3Cl)OC[C@@H]2Cc2ccccc2)=N1. The molecule has 43 heavy (non-hydrogen) atoms. The van der Waals surface area contributed by atoms with E-state index in [0.29, 0.717) is 24.1 Å². The van der Waals surface area contributed by atoms with E-state index in [1.165, 1.54) is 50.5 Å². The molecule has 2 aliphatic heterocycles. The quantitative estimate of drug-likeness (QED) is 0.272. The highest BCUT2D eigenvalue weighted by Gasteiger charge is 2.41. The Labute approximate surface area is 260 Å². The average molecular weight is 613 g/mol. The van der Waals surface area contributed by atoms with Gasteiger partial charge >= 0.3 is 5.97 Å². The van der Waals surface area contributed by atoms with Gasteiger partial charge in [-0.3, -0.25) is 9.59 Å². The van der Waals surface area contributed by atoms with Crippen molar-refractivity contribution in [1.82, 2.24) is 5.32 Å². The second kappa shape index (κ2) is 17.4. The summed E-state index contributed by atoms with van der Waals surface area (Å²) in [5.74, 6) is 0.532. The summed E-state index contributed by atoms with van der Waals surface area (Å²) in [6, 6.07) is 17.2. The Morgan fingerprint density at radius 1 is 1.00 bits per heavy atom. The molecule has 9 heteroatoms. The van der Waals surface area contributed by atoms with Crippen LogP contribution in [0.15, 0.2) is 59.6 Å². The van der Waals surface area contributed by atoms with E-state index in [1.54, 1.807) is 6.92 Å². The number of hydrogen-bond acceptors (Lipinski definition) is 6. The highest BCUT2D eigenvalue weighted by atomic mass is 35.5. The largest absolute Gasteiger partial charge is 0.481 e. The number of benzene rings is 2. The molecule has 2 fully saturated rings. The number of carbonyl (C=O) groups excluding carboxylic acids is 1. The van der Waals surface area contributed by atoms with Crippen LogP contribution in [0.2, 0.25) is 5.02 Å². The van der Waals surface area contributed by atoms with E-state index in [9.17, 15) is 9.59 Å². The molecule has 1 aliphatic carbocycles. The Morgan fingerprint density at radius 3 is 2.44 bits per heavy atom. The molecule has 2 aromatic rings. The standard InChI is InChI=1S/C31H39ClN2O4.C3H6O2/c32-26-17-8-7-16-25(26)31-37-20-24(19-23-14-5-2-6-15-23)28(38-31)30-34-27(21-36-30)29(35)33-18-10-9-13-22-11-3-1-4-12-22;1-2-3(4)5/h2,5-8,14-17,22,24,27-28,31H,1,3-4,9-13,18-21H2,(H,33,35);2H2,1H3,(H,4,5)/t24-,27?,28+,31+;/m0./s1. The van der Waals surface area contributed by atoms with E-state index >= 15 is 0 Å². The second-order valence-corrected chi connectivity index (χ2v) is 11.9. The lowest BCUT2D eigenvalue weighted by Crippen LogP contribution is -2.42. The van der Waals surface area contributed by atoms with Crippen LogP contribution in [-0.4, -0.2) is 54.8 Å². The number of nitrogens with zero attached hydrogens (tertiary/aromatic N) is 1. The molecule has 2 heterocycles. The number of amides is 1. The number of carbonyl (C=O) groups is 2. The lowest BCUT2D eigenvalue weighted by molar-refractivity contribution is -0.225. The molecule has 1 saturated carbocycles. The molecular weight excluding hydrogens is 568 g/mol. The lowest BCUT2D eigenvalue weighted by atomic mass is 9.86. The first kappa shape index (κ1) is 33.0. The number of unbranched alkanes of at least 4 members (excludes halogenated alkanes) is 1. The third-order valence-corrected chi connectivity index (χ3v) is 8.59. The number of aliphatic imine (C=N–C) groups is 1. The summed E-state index contributed by atoms with van der Waals surface area (Å²) >= 11 is 6.44. The van der Waals surface area contributed by atoms with Crippen LogP contribution in [-0.2, 0) is 30.2 Å². The molecular formula is C34H45ClN2O6. The summed E-state index contributed by atoms with van der Waals surface area (Å²) < 4.78 is 18.5. The molecule has 2 aromatic carbocycles. The van der Waals surface area contributed by atoms with Crippen LogP contribution in [0.4, 0.5) is 0 Å². The van der Waals surface area contributed by atoms with Crippen LogP contribution in [0.1, 0.15) is 82.1 Å². The van der Waals surface area contributed by atoms with Crippen molar-refractivity contribution >= 4 is 29.4 Å². The van der Waals surface area contributed by atoms with Crippen LogP contribution in [0.3, 0.4) is 0 Å². The fourth-order valence-corrected chi connectivity index (χ4v) is 6.02. The summed E-state index contributed by atoms with van der Waals surface area (Å²) in [7, 11) is 0. The Balaban J connectivity index is 0.000000782. The zero-order valence-corrected chi connectivity index (χ0v) is 25.8. The highest BCUT2D eigenvalue weighted by Crippen LogP contribution is 2.36. The minimum absolute atomic E-state index is 0.00325. The van der Waals surface area contributed by atoms with Gasteiger partial charge in [0, 0.05) is 29.5 Å². The zero-order valence-electron chi connectivity index (χ0n) is 25.1. The molecule has 234 valence electrons. The average Bonchev–Trinajstić information content (AvgIpc) is 3.53. The van der Waals surface area contributed by atoms with Crippen LogP contribution in [0.5, 0.6) is 0 Å². The summed E-state index contributed by atoms with van der Waals surface area (Å²) in [6.07, 6.45) is 10.3. The van der Waals surface area contributed by atoms with Gasteiger partial charge in [-0.15, -0.1) is 0 Å². The van der Waals surface area contributed by atoms with Crippen LogP contribution in [0.25, 0.3) is 0 Å². The fraction of sp³-hybridized carbons (Fsp3) is 0.559. The third-order valence-electron chi connectivity index (χ3n) is 8.24. The minimum atomic E-state index is -0.745. The van der Waals surface area contributed by atoms with Crippen molar-refractivity contribution in [2.45, 2.75) is 89.6 Å². The van der Waals surface area contributed by atoms with Crippen molar-refractivity contribution in [1.29, 1.82) is 0 Å². The van der Waals surface area contributed by atoms with Crippen molar-refractivity contribution in [2.75, 3.05) is 19.8 Å². The number of halogens is 1. The topological polar surface area (TPSA) is 106 Å². The predicted octanol–water partition coefficient (Wildman–Crippen LogP) is 6.76. The first-order valence-electron chi connectivity index (χ1n) is 15.7. The molecule has 0 aromatic heterocycles. The van der Waals surface area contributed by atoms with E-state index in [1.807, 2.05) is 42.5 Å². The molecule has 0 bridgehead atoms. The maximum atomic E-state index is 12.9. The van der Waals surface area contributed by atoms with E-state index in [0.717, 1.165) is 24.3 Å². The van der Waals surface area contributed by atoms with Gasteiger partial charge in [-0.05, 0) is 30.4 Å². The van der Waals surface area contributed by atoms with Gasteiger partial charge in [-0.25, -0.2) is 4.99 Å². The van der Waals surface area contributed by atoms with Crippen LogP contribution >= 0.6 is 11.6 Å². The zero-order chi connectivity index (χ0) is 30.4. The monoisotopic (exact) mass is 612 g/mol. The van der Waals surface area contributed by atoms with E-state index in [2.05, 4.69) is 17.4 Å². The van der Waals surface area contributed by atoms with Crippen molar-refractivity contribution in [3.8, 4) is 0 Å². The van der Waals surface area contributed by atoms with Gasteiger partial charge in [-0.2, -0.15) is 0 Å². The first-order chi connectivity index (χ1) is 20.9. The van der Waals surface area contributed by atoms with Gasteiger partial charge in [0.05, 0.1) is 6.61 Å². The maximum absolute atomic E-state index is 12.9. The molecule has 5 rings (SSSR count). The smallest absolute Gasteiger partial charge is 0.303 e. The molecule has 4 atom stereocenters. The van der Waals surface area contributed by atoms with Gasteiger partial charge in [0.2, 0.25) is 11.8 Å². The Bertz CT molecular complexity index is 1190. The van der Waals surface area contributed by atoms with Crippen molar-refractivity contribution in [2.24, 2.45) is 16.8 Å². The number of aliphatic carboxylic acids is 1. The van der Waals surface area contributed by atoms with E-state index in [4.69, 9.17) is 35.9 Å². The minimum Gasteiger partial charge on any atom is -0.481 e. The molecule has 2 N–H and O–H groups in total. The summed E-state index contributed by atoms with van der Waals surface area (Å²) in [5, 5.41) is 11.4. The van der Waals surface area contributed by atoms with Crippen LogP contribution in [0, 0.1) is 11.8 Å². The number of ether oxygens (including phenoxy) is 3. The molecule has 3 aliphatic rings. The van der Waals surface area contributed by atoms with Gasteiger partial charge in [0.15, 0.2) is 12.3 Å². The van der Waals surface area contributed by atoms with Gasteiger partial charge < -0.3 is 24.6 Å². The van der Waals surface area contributed by atoms with Crippen molar-refractivity contribution < 1.29 is 28.9 Å². The lowest BCUT2D eigenvalue weighted by Gasteiger charge is -2.36. The van der Waals surface area contributed by atoms with Crippen molar-refractivity contribution in [3.05, 3.63) is 70.7 Å². The summed E-state index contributed by atoms with van der Waals surface area (Å²) in [5.41, 5.74) is 1.96. The van der Waals surface area contributed by atoms with Gasteiger partial charge in [0.25, 0.3) is 0 Å². The number of rotatable bonds is 11. The maximum Gasteiger partial charge on any atom is 0.303 e.